The summed E-state index contributed by atoms with van der Waals surface area (Å²) in [4.78, 5) is 35.6. The van der Waals surface area contributed by atoms with Crippen LogP contribution in [0.1, 0.15) is 21.0 Å². The first-order valence-corrected chi connectivity index (χ1v) is 3.84. The number of hydrogen-bond donors (Lipinski definition) is 5. The minimum atomic E-state index is -0.709. The van der Waals surface area contributed by atoms with Crippen LogP contribution in [-0.2, 0) is 0 Å². The van der Waals surface area contributed by atoms with Gasteiger partial charge in [-0.05, 0) is 0 Å². The van der Waals surface area contributed by atoms with Gasteiger partial charge in [-0.2, -0.15) is 0 Å². The quantitative estimate of drug-likeness (QED) is 0.210. The average Bonchev–Trinajstić information content (AvgIpc) is 2.26. The molecule has 0 saturated carbocycles. The maximum atomic E-state index is 11.1. The molecule has 1 rings (SSSR count). The van der Waals surface area contributed by atoms with Crippen molar-refractivity contribution in [3.8, 4) is 0 Å². The van der Waals surface area contributed by atoms with E-state index in [-0.39, 0.29) is 11.4 Å². The molecule has 0 radical (unpaired) electrons. The summed E-state index contributed by atoms with van der Waals surface area (Å²) < 4.78 is 0. The molecule has 0 aliphatic carbocycles. The van der Waals surface area contributed by atoms with E-state index in [2.05, 4.69) is 4.98 Å². The lowest BCUT2D eigenvalue weighted by Crippen LogP contribution is -2.34. The van der Waals surface area contributed by atoms with E-state index < -0.39 is 17.2 Å². The molecule has 8 heteroatoms. The molecule has 0 aliphatic heterocycles. The Morgan fingerprint density at radius 1 is 1.07 bits per heavy atom. The van der Waals surface area contributed by atoms with E-state index in [0.29, 0.717) is 0 Å². The van der Waals surface area contributed by atoms with E-state index in [4.69, 9.17) is 11.7 Å². The van der Waals surface area contributed by atoms with Gasteiger partial charge in [0.1, 0.15) is 11.4 Å². The molecule has 0 spiro atoms. The van der Waals surface area contributed by atoms with Crippen LogP contribution in [-0.4, -0.2) is 16.8 Å². The smallest absolute Gasteiger partial charge is 0.281 e. The number of nitrogens with one attached hydrogen (secondary N) is 3. The highest BCUT2D eigenvalue weighted by Gasteiger charge is 2.10. The zero-order chi connectivity index (χ0) is 11.4. The zero-order valence-corrected chi connectivity index (χ0v) is 7.53. The summed E-state index contributed by atoms with van der Waals surface area (Å²) in [5, 5.41) is 0. The molecule has 0 aliphatic rings. The van der Waals surface area contributed by atoms with Gasteiger partial charge in [0.2, 0.25) is 0 Å². The van der Waals surface area contributed by atoms with Crippen LogP contribution in [0.5, 0.6) is 0 Å². The van der Waals surface area contributed by atoms with Crippen LogP contribution in [0.4, 0.5) is 0 Å². The molecular weight excluding hydrogens is 202 g/mol. The monoisotopic (exact) mass is 211 g/mol. The van der Waals surface area contributed by atoms with Crippen molar-refractivity contribution in [3.63, 3.8) is 0 Å². The summed E-state index contributed by atoms with van der Waals surface area (Å²) in [6.07, 6.45) is 0. The van der Waals surface area contributed by atoms with Crippen molar-refractivity contribution in [2.75, 3.05) is 0 Å². The summed E-state index contributed by atoms with van der Waals surface area (Å²) in [5.41, 5.74) is 2.89. The van der Waals surface area contributed by atoms with Gasteiger partial charge in [0.25, 0.3) is 11.8 Å². The molecule has 1 aromatic rings. The Hall–Kier alpha value is -2.19. The maximum absolute atomic E-state index is 11.1. The third kappa shape index (κ3) is 2.39. The van der Waals surface area contributed by atoms with Crippen LogP contribution in [0.15, 0.2) is 16.9 Å². The molecule has 2 amide bonds. The fourth-order valence-electron chi connectivity index (χ4n) is 0.944. The van der Waals surface area contributed by atoms with Crippen molar-refractivity contribution < 1.29 is 9.59 Å². The van der Waals surface area contributed by atoms with Gasteiger partial charge in [0.05, 0.1) is 0 Å². The molecular formula is C7H9N5O3. The molecule has 0 fully saturated rings. The molecule has 80 valence electrons. The number of H-pyrrole nitrogens is 1. The molecule has 0 bridgehead atoms. The Labute approximate surface area is 83.6 Å². The second kappa shape index (κ2) is 4.35. The number of nitrogen functional groups attached to an aromatic ring is 2. The van der Waals surface area contributed by atoms with Crippen molar-refractivity contribution in [2.45, 2.75) is 0 Å². The molecule has 0 atom stereocenters. The minimum Gasteiger partial charge on any atom is -0.346 e. The fourth-order valence-corrected chi connectivity index (χ4v) is 0.944. The highest BCUT2D eigenvalue weighted by Crippen LogP contribution is 1.94. The molecule has 0 saturated heterocycles. The van der Waals surface area contributed by atoms with Crippen LogP contribution in [0.2, 0.25) is 0 Å². The average molecular weight is 211 g/mol. The normalized spacial score (nSPS) is 9.47. The van der Waals surface area contributed by atoms with Crippen LogP contribution in [0.25, 0.3) is 0 Å². The number of aromatic nitrogens is 1. The van der Waals surface area contributed by atoms with Gasteiger partial charge in [-0.1, -0.05) is 0 Å². The molecule has 7 N–H and O–H groups in total. The standard InChI is InChI=1S/C7H9N5O3/c8-11-6(14)4-1-3(13)2-5(10-4)7(15)12-9/h1-2H,8-9H2,(H,10,13)(H,11,14)(H,12,15). The van der Waals surface area contributed by atoms with Crippen molar-refractivity contribution >= 4 is 11.8 Å². The number of rotatable bonds is 2. The summed E-state index contributed by atoms with van der Waals surface area (Å²) in [5.74, 6) is 8.31. The number of hydrazine groups is 2. The van der Waals surface area contributed by atoms with Crippen molar-refractivity contribution in [1.29, 1.82) is 0 Å². The minimum absolute atomic E-state index is 0.122. The van der Waals surface area contributed by atoms with Crippen LogP contribution in [0, 0.1) is 0 Å². The van der Waals surface area contributed by atoms with Crippen LogP contribution < -0.4 is 28.0 Å². The number of carbonyl (C=O) groups is 2. The maximum Gasteiger partial charge on any atom is 0.281 e. The predicted octanol–water partition coefficient (Wildman–Crippen LogP) is -2.42. The van der Waals surface area contributed by atoms with E-state index in [0.717, 1.165) is 12.1 Å². The Morgan fingerprint density at radius 2 is 1.47 bits per heavy atom. The highest BCUT2D eigenvalue weighted by molar-refractivity contribution is 5.95. The molecule has 1 aromatic heterocycles. The number of carbonyl (C=O) groups excluding carboxylic acids is 2. The van der Waals surface area contributed by atoms with Crippen LogP contribution >= 0.6 is 0 Å². The van der Waals surface area contributed by atoms with Gasteiger partial charge in [-0.3, -0.25) is 25.2 Å². The topological polar surface area (TPSA) is 143 Å². The number of aromatic amines is 1. The van der Waals surface area contributed by atoms with E-state index in [1.165, 1.54) is 0 Å². The van der Waals surface area contributed by atoms with Gasteiger partial charge >= 0.3 is 0 Å². The molecule has 0 aromatic carbocycles. The third-order valence-corrected chi connectivity index (χ3v) is 1.59. The lowest BCUT2D eigenvalue weighted by Gasteiger charge is -2.03. The van der Waals surface area contributed by atoms with Gasteiger partial charge in [0, 0.05) is 12.1 Å². The molecule has 15 heavy (non-hydrogen) atoms. The van der Waals surface area contributed by atoms with Gasteiger partial charge < -0.3 is 4.98 Å². The third-order valence-electron chi connectivity index (χ3n) is 1.59. The van der Waals surface area contributed by atoms with Gasteiger partial charge in [-0.15, -0.1) is 0 Å². The molecule has 8 nitrogen and oxygen atoms in total. The molecule has 1 heterocycles. The highest BCUT2D eigenvalue weighted by atomic mass is 16.2. The lowest BCUT2D eigenvalue weighted by molar-refractivity contribution is 0.0944. The SMILES string of the molecule is NNC(=O)c1cc(=O)cc(C(=O)NN)[nH]1. The fraction of sp³-hybridized carbons (Fsp3) is 0. The molecule has 0 unspecified atom stereocenters. The lowest BCUT2D eigenvalue weighted by atomic mass is 10.2. The summed E-state index contributed by atoms with van der Waals surface area (Å²) in [6, 6.07) is 2.02. The Kier molecular flexibility index (Phi) is 3.16. The van der Waals surface area contributed by atoms with E-state index in [1.807, 2.05) is 10.9 Å². The van der Waals surface area contributed by atoms with Crippen molar-refractivity contribution in [1.82, 2.24) is 15.8 Å². The summed E-state index contributed by atoms with van der Waals surface area (Å²) in [6.45, 7) is 0. The number of nitrogens with two attached hydrogens (primary N) is 2. The number of hydrogen-bond acceptors (Lipinski definition) is 5. The first-order valence-electron chi connectivity index (χ1n) is 3.84. The second-order valence-corrected chi connectivity index (χ2v) is 2.59. The Balaban J connectivity index is 3.22. The van der Waals surface area contributed by atoms with E-state index in [1.54, 1.807) is 0 Å². The predicted molar refractivity (Wildman–Crippen MR) is 50.4 cm³/mol. The summed E-state index contributed by atoms with van der Waals surface area (Å²) in [7, 11) is 0. The van der Waals surface area contributed by atoms with Gasteiger partial charge in [0.15, 0.2) is 5.43 Å². The largest absolute Gasteiger partial charge is 0.346 e. The van der Waals surface area contributed by atoms with E-state index in [9.17, 15) is 14.4 Å². The zero-order valence-electron chi connectivity index (χ0n) is 7.53. The van der Waals surface area contributed by atoms with Crippen LogP contribution in [0.3, 0.4) is 0 Å². The number of pyridine rings is 1. The van der Waals surface area contributed by atoms with Crippen molar-refractivity contribution in [2.24, 2.45) is 11.7 Å². The van der Waals surface area contributed by atoms with Crippen molar-refractivity contribution in [3.05, 3.63) is 33.7 Å². The summed E-state index contributed by atoms with van der Waals surface area (Å²) >= 11 is 0. The number of amides is 2. The second-order valence-electron chi connectivity index (χ2n) is 2.59. The Morgan fingerprint density at radius 3 is 1.80 bits per heavy atom. The Bertz CT molecular complexity index is 415. The van der Waals surface area contributed by atoms with E-state index >= 15 is 0 Å². The first kappa shape index (κ1) is 10.9. The van der Waals surface area contributed by atoms with Gasteiger partial charge in [-0.25, -0.2) is 11.7 Å². The first-order chi connectivity index (χ1) is 7.08.